The van der Waals surface area contributed by atoms with Crippen molar-refractivity contribution in [2.45, 2.75) is 13.5 Å². The first-order chi connectivity index (χ1) is 16.0. The van der Waals surface area contributed by atoms with E-state index in [0.29, 0.717) is 27.9 Å². The van der Waals surface area contributed by atoms with Crippen molar-refractivity contribution in [3.05, 3.63) is 105 Å². The van der Waals surface area contributed by atoms with E-state index in [2.05, 4.69) is 39.8 Å². The van der Waals surface area contributed by atoms with Gasteiger partial charge in [-0.2, -0.15) is 10.2 Å². The zero-order chi connectivity index (χ0) is 23.2. The first-order valence-corrected chi connectivity index (χ1v) is 10.9. The number of nitrogens with zero attached hydrogens (tertiary/aromatic N) is 2. The average molecular weight is 479 g/mol. The number of rotatable bonds is 7. The van der Waals surface area contributed by atoms with E-state index in [9.17, 15) is 4.79 Å². The Morgan fingerprint density at radius 3 is 2.55 bits per heavy atom. The lowest BCUT2D eigenvalue weighted by atomic mass is 10.1. The van der Waals surface area contributed by atoms with Crippen molar-refractivity contribution in [1.82, 2.24) is 15.6 Å². The minimum Gasteiger partial charge on any atom is -0.489 e. The summed E-state index contributed by atoms with van der Waals surface area (Å²) >= 11 is 12.0. The van der Waals surface area contributed by atoms with Gasteiger partial charge in [-0.1, -0.05) is 59.1 Å². The molecule has 4 rings (SSSR count). The van der Waals surface area contributed by atoms with Crippen LogP contribution in [0.2, 0.25) is 10.0 Å². The van der Waals surface area contributed by atoms with Crippen molar-refractivity contribution in [2.24, 2.45) is 5.10 Å². The Balaban J connectivity index is 1.34. The number of aromatic amines is 1. The molecule has 0 saturated heterocycles. The third-order valence-electron chi connectivity index (χ3n) is 4.83. The van der Waals surface area contributed by atoms with Gasteiger partial charge in [0, 0.05) is 16.1 Å². The number of carbonyl (C=O) groups is 1. The van der Waals surface area contributed by atoms with E-state index in [4.69, 9.17) is 27.9 Å². The average Bonchev–Trinajstić information content (AvgIpc) is 3.31. The first-order valence-electron chi connectivity index (χ1n) is 10.1. The van der Waals surface area contributed by atoms with E-state index in [-0.39, 0.29) is 5.69 Å². The highest BCUT2D eigenvalue weighted by Crippen LogP contribution is 2.22. The van der Waals surface area contributed by atoms with Gasteiger partial charge in [-0.25, -0.2) is 5.43 Å². The number of aryl methyl sites for hydroxylation is 1. The number of halogens is 2. The van der Waals surface area contributed by atoms with Gasteiger partial charge in [0.1, 0.15) is 18.1 Å². The van der Waals surface area contributed by atoms with E-state index in [1.807, 2.05) is 36.4 Å². The maximum atomic E-state index is 12.3. The van der Waals surface area contributed by atoms with E-state index < -0.39 is 5.91 Å². The van der Waals surface area contributed by atoms with Crippen LogP contribution in [0.3, 0.4) is 0 Å². The second-order valence-corrected chi connectivity index (χ2v) is 8.17. The molecule has 0 saturated carbocycles. The highest BCUT2D eigenvalue weighted by molar-refractivity contribution is 6.36. The molecular formula is C25H20Cl2N4O2. The maximum absolute atomic E-state index is 12.3. The van der Waals surface area contributed by atoms with Crippen LogP contribution in [0.1, 0.15) is 27.2 Å². The molecule has 0 bridgehead atoms. The molecule has 0 radical (unpaired) electrons. The summed E-state index contributed by atoms with van der Waals surface area (Å²) in [6, 6.07) is 22.4. The number of hydrogen-bond donors (Lipinski definition) is 2. The Hall–Kier alpha value is -3.61. The monoisotopic (exact) mass is 478 g/mol. The normalized spacial score (nSPS) is 11.0. The largest absolute Gasteiger partial charge is 0.489 e. The van der Waals surface area contributed by atoms with Crippen LogP contribution in [0.25, 0.3) is 11.3 Å². The summed E-state index contributed by atoms with van der Waals surface area (Å²) in [4.78, 5) is 12.3. The molecule has 0 spiro atoms. The van der Waals surface area contributed by atoms with E-state index in [1.165, 1.54) is 11.8 Å². The van der Waals surface area contributed by atoms with Crippen LogP contribution in [0, 0.1) is 6.92 Å². The fraction of sp³-hybridized carbons (Fsp3) is 0.0800. The molecule has 1 amide bonds. The molecule has 0 unspecified atom stereocenters. The molecule has 0 fully saturated rings. The van der Waals surface area contributed by atoms with Crippen LogP contribution < -0.4 is 10.2 Å². The summed E-state index contributed by atoms with van der Waals surface area (Å²) in [5.74, 6) is 0.330. The predicted octanol–water partition coefficient (Wildman–Crippen LogP) is 6.03. The van der Waals surface area contributed by atoms with Crippen molar-refractivity contribution < 1.29 is 9.53 Å². The fourth-order valence-electron chi connectivity index (χ4n) is 2.99. The van der Waals surface area contributed by atoms with E-state index >= 15 is 0 Å². The number of hydrogen-bond acceptors (Lipinski definition) is 4. The molecule has 8 heteroatoms. The lowest BCUT2D eigenvalue weighted by Gasteiger charge is -2.07. The van der Waals surface area contributed by atoms with Crippen molar-refractivity contribution in [1.29, 1.82) is 0 Å². The SMILES string of the molecule is Cc1ccc(COc2ccc(-c3cc(C(=O)N/N=C\c4ccc(Cl)cc4Cl)[nH]n3)cc2)cc1. The molecule has 1 heterocycles. The van der Waals surface area contributed by atoms with Crippen LogP contribution >= 0.6 is 23.2 Å². The first kappa shape index (κ1) is 22.6. The van der Waals surface area contributed by atoms with Gasteiger partial charge in [0.25, 0.3) is 5.91 Å². The third kappa shape index (κ3) is 6.00. The molecule has 166 valence electrons. The van der Waals surface area contributed by atoms with Gasteiger partial charge < -0.3 is 4.74 Å². The van der Waals surface area contributed by atoms with Crippen LogP contribution in [0.5, 0.6) is 5.75 Å². The van der Waals surface area contributed by atoms with Gasteiger partial charge in [0.15, 0.2) is 0 Å². The summed E-state index contributed by atoms with van der Waals surface area (Å²) in [6.45, 7) is 2.55. The minimum absolute atomic E-state index is 0.282. The summed E-state index contributed by atoms with van der Waals surface area (Å²) < 4.78 is 5.84. The second kappa shape index (κ2) is 10.3. The lowest BCUT2D eigenvalue weighted by molar-refractivity contribution is 0.0950. The highest BCUT2D eigenvalue weighted by Gasteiger charge is 2.11. The maximum Gasteiger partial charge on any atom is 0.289 e. The number of nitrogens with one attached hydrogen (secondary N) is 2. The molecule has 2 N–H and O–H groups in total. The number of aromatic nitrogens is 2. The number of benzene rings is 3. The van der Waals surface area contributed by atoms with Crippen molar-refractivity contribution in [3.8, 4) is 17.0 Å². The van der Waals surface area contributed by atoms with Crippen LogP contribution in [-0.4, -0.2) is 22.3 Å². The number of ether oxygens (including phenoxy) is 1. The fourth-order valence-corrected chi connectivity index (χ4v) is 3.44. The topological polar surface area (TPSA) is 79.4 Å². The second-order valence-electron chi connectivity index (χ2n) is 7.33. The zero-order valence-corrected chi connectivity index (χ0v) is 19.2. The van der Waals surface area contributed by atoms with Gasteiger partial charge in [-0.05, 0) is 55.0 Å². The Bertz CT molecular complexity index is 1280. The molecule has 33 heavy (non-hydrogen) atoms. The van der Waals surface area contributed by atoms with Crippen molar-refractivity contribution in [2.75, 3.05) is 0 Å². The standard InChI is InChI=1S/C25H20Cl2N4O2/c1-16-2-4-17(5-3-16)15-33-21-10-7-18(8-11-21)23-13-24(30-29-23)25(32)31-28-14-19-6-9-20(26)12-22(19)27/h2-14H,15H2,1H3,(H,29,30)(H,31,32)/b28-14-. The summed E-state index contributed by atoms with van der Waals surface area (Å²) in [6.07, 6.45) is 1.45. The van der Waals surface area contributed by atoms with Gasteiger partial charge in [-0.3, -0.25) is 9.89 Å². The molecule has 0 aliphatic heterocycles. The number of H-pyrrole nitrogens is 1. The lowest BCUT2D eigenvalue weighted by Crippen LogP contribution is -2.18. The van der Waals surface area contributed by atoms with Crippen LogP contribution in [0.15, 0.2) is 77.9 Å². The van der Waals surface area contributed by atoms with Gasteiger partial charge in [0.05, 0.1) is 16.9 Å². The van der Waals surface area contributed by atoms with Crippen molar-refractivity contribution in [3.63, 3.8) is 0 Å². The smallest absolute Gasteiger partial charge is 0.289 e. The molecule has 3 aromatic carbocycles. The van der Waals surface area contributed by atoms with Crippen molar-refractivity contribution >= 4 is 35.3 Å². The predicted molar refractivity (Wildman–Crippen MR) is 131 cm³/mol. The number of amides is 1. The summed E-state index contributed by atoms with van der Waals surface area (Å²) in [7, 11) is 0. The Labute approximate surface area is 201 Å². The summed E-state index contributed by atoms with van der Waals surface area (Å²) in [5, 5.41) is 11.8. The molecule has 1 aromatic heterocycles. The molecule has 0 atom stereocenters. The number of hydrazone groups is 1. The molecule has 6 nitrogen and oxygen atoms in total. The van der Waals surface area contributed by atoms with Gasteiger partial charge in [-0.15, -0.1) is 0 Å². The zero-order valence-electron chi connectivity index (χ0n) is 17.7. The van der Waals surface area contributed by atoms with Gasteiger partial charge in [0.2, 0.25) is 0 Å². The Morgan fingerprint density at radius 2 is 1.82 bits per heavy atom. The van der Waals surface area contributed by atoms with E-state index in [0.717, 1.165) is 16.9 Å². The quantitative estimate of drug-likeness (QED) is 0.251. The van der Waals surface area contributed by atoms with E-state index in [1.54, 1.807) is 24.3 Å². The van der Waals surface area contributed by atoms with Crippen LogP contribution in [-0.2, 0) is 6.61 Å². The molecule has 0 aliphatic carbocycles. The van der Waals surface area contributed by atoms with Crippen LogP contribution in [0.4, 0.5) is 0 Å². The Kier molecular flexibility index (Phi) is 7.07. The molecule has 0 aliphatic rings. The minimum atomic E-state index is -0.423. The molecular weight excluding hydrogens is 459 g/mol. The number of carbonyl (C=O) groups excluding carboxylic acids is 1. The van der Waals surface area contributed by atoms with Gasteiger partial charge >= 0.3 is 0 Å². The summed E-state index contributed by atoms with van der Waals surface area (Å²) in [5.41, 5.74) is 7.17. The third-order valence-corrected chi connectivity index (χ3v) is 5.39. The highest BCUT2D eigenvalue weighted by atomic mass is 35.5. The Morgan fingerprint density at radius 1 is 1.06 bits per heavy atom. The molecule has 4 aromatic rings.